The van der Waals surface area contributed by atoms with E-state index >= 15 is 0 Å². The Balaban J connectivity index is 1.75. The largest absolute Gasteiger partial charge is 0.493 e. The Hall–Kier alpha value is -3.66. The molecule has 0 radical (unpaired) electrons. The minimum atomic E-state index is -3.92. The van der Waals surface area contributed by atoms with Gasteiger partial charge in [-0.1, -0.05) is 12.1 Å². The molecule has 1 amide bonds. The average Bonchev–Trinajstić information content (AvgIpc) is 2.75. The molecule has 156 valence electrons. The van der Waals surface area contributed by atoms with Crippen molar-refractivity contribution >= 4 is 27.4 Å². The van der Waals surface area contributed by atoms with Gasteiger partial charge in [-0.25, -0.2) is 18.4 Å². The van der Waals surface area contributed by atoms with Crippen LogP contribution in [0, 0.1) is 0 Å². The van der Waals surface area contributed by atoms with Crippen LogP contribution in [0.15, 0.2) is 65.8 Å². The zero-order chi connectivity index (χ0) is 21.6. The molecule has 2 N–H and O–H groups in total. The third-order valence-corrected chi connectivity index (χ3v) is 5.30. The van der Waals surface area contributed by atoms with Crippen molar-refractivity contribution in [2.75, 3.05) is 23.8 Å². The molecule has 3 rings (SSSR count). The summed E-state index contributed by atoms with van der Waals surface area (Å²) in [6.45, 7) is 2.26. The number of benzene rings is 2. The van der Waals surface area contributed by atoms with Crippen molar-refractivity contribution in [3.05, 3.63) is 66.5 Å². The maximum absolute atomic E-state index is 12.6. The van der Waals surface area contributed by atoms with Crippen molar-refractivity contribution in [1.82, 2.24) is 9.97 Å². The van der Waals surface area contributed by atoms with Gasteiger partial charge in [0.15, 0.2) is 0 Å². The van der Waals surface area contributed by atoms with Crippen molar-refractivity contribution in [3.63, 3.8) is 0 Å². The first kappa shape index (κ1) is 21.1. The molecule has 30 heavy (non-hydrogen) atoms. The van der Waals surface area contributed by atoms with E-state index in [4.69, 9.17) is 9.47 Å². The van der Waals surface area contributed by atoms with E-state index in [1.165, 1.54) is 43.8 Å². The number of carbonyl (C=O) groups excluding carboxylic acids is 1. The Morgan fingerprint density at radius 3 is 2.43 bits per heavy atom. The summed E-state index contributed by atoms with van der Waals surface area (Å²) in [6.07, 6.45) is 2.73. The van der Waals surface area contributed by atoms with E-state index in [0.717, 1.165) is 0 Å². The molecule has 0 saturated heterocycles. The van der Waals surface area contributed by atoms with Crippen LogP contribution in [-0.2, 0) is 10.0 Å². The second kappa shape index (κ2) is 9.23. The molecular weight excluding hydrogens is 408 g/mol. The van der Waals surface area contributed by atoms with Gasteiger partial charge in [-0.3, -0.25) is 9.52 Å². The van der Waals surface area contributed by atoms with E-state index in [-0.39, 0.29) is 22.5 Å². The highest BCUT2D eigenvalue weighted by Crippen LogP contribution is 2.23. The molecule has 9 nitrogen and oxygen atoms in total. The average molecular weight is 428 g/mol. The van der Waals surface area contributed by atoms with Crippen LogP contribution in [0.4, 0.5) is 11.5 Å². The maximum atomic E-state index is 12.6. The van der Waals surface area contributed by atoms with Gasteiger partial charge in [-0.15, -0.1) is 0 Å². The molecule has 2 aromatic carbocycles. The smallest absolute Gasteiger partial charge is 0.263 e. The van der Waals surface area contributed by atoms with Crippen LogP contribution >= 0.6 is 0 Å². The Kier molecular flexibility index (Phi) is 6.48. The molecule has 0 unspecified atom stereocenters. The monoisotopic (exact) mass is 428 g/mol. The summed E-state index contributed by atoms with van der Waals surface area (Å²) in [6, 6.07) is 12.6. The summed E-state index contributed by atoms with van der Waals surface area (Å²) in [4.78, 5) is 20.4. The molecule has 0 fully saturated rings. The molecule has 0 spiro atoms. The third-order valence-electron chi connectivity index (χ3n) is 3.94. The summed E-state index contributed by atoms with van der Waals surface area (Å²) < 4.78 is 38.0. The van der Waals surface area contributed by atoms with E-state index in [9.17, 15) is 13.2 Å². The number of carbonyl (C=O) groups is 1. The minimum absolute atomic E-state index is 0.0112. The molecule has 0 aliphatic carbocycles. The van der Waals surface area contributed by atoms with Crippen LogP contribution < -0.4 is 19.5 Å². The summed E-state index contributed by atoms with van der Waals surface area (Å²) in [5, 5.41) is 2.73. The topological polar surface area (TPSA) is 120 Å². The summed E-state index contributed by atoms with van der Waals surface area (Å²) in [7, 11) is -2.56. The number of sulfonamides is 1. The highest BCUT2D eigenvalue weighted by Gasteiger charge is 2.18. The van der Waals surface area contributed by atoms with Gasteiger partial charge in [0.05, 0.1) is 24.2 Å². The SMILES string of the molecule is CCOc1ccccc1C(=O)Nc1ccc(S(=O)(=O)Nc2nccnc2OC)cc1. The number of nitrogens with one attached hydrogen (secondary N) is 2. The molecule has 0 aliphatic heterocycles. The molecule has 1 heterocycles. The van der Waals surface area contributed by atoms with Crippen LogP contribution in [0.5, 0.6) is 11.6 Å². The van der Waals surface area contributed by atoms with Crippen molar-refractivity contribution < 1.29 is 22.7 Å². The number of nitrogens with zero attached hydrogens (tertiary/aromatic N) is 2. The number of para-hydroxylation sites is 1. The number of hydrogen-bond acceptors (Lipinski definition) is 7. The summed E-state index contributed by atoms with van der Waals surface area (Å²) >= 11 is 0. The van der Waals surface area contributed by atoms with Crippen LogP contribution in [0.2, 0.25) is 0 Å². The Labute approximate surface area is 174 Å². The number of rotatable bonds is 8. The maximum Gasteiger partial charge on any atom is 0.263 e. The summed E-state index contributed by atoms with van der Waals surface area (Å²) in [5.41, 5.74) is 0.815. The first-order chi connectivity index (χ1) is 14.4. The van der Waals surface area contributed by atoms with Crippen LogP contribution in [0.1, 0.15) is 17.3 Å². The number of amides is 1. The van der Waals surface area contributed by atoms with Crippen LogP contribution in [0.3, 0.4) is 0 Å². The molecule has 0 aliphatic rings. The van der Waals surface area contributed by atoms with Gasteiger partial charge in [0.2, 0.25) is 5.82 Å². The second-order valence-corrected chi connectivity index (χ2v) is 7.61. The van der Waals surface area contributed by atoms with Gasteiger partial charge in [0, 0.05) is 18.1 Å². The summed E-state index contributed by atoms with van der Waals surface area (Å²) in [5.74, 6) is 0.138. The van der Waals surface area contributed by atoms with E-state index in [0.29, 0.717) is 23.6 Å². The first-order valence-electron chi connectivity index (χ1n) is 8.95. The number of anilines is 2. The lowest BCUT2D eigenvalue weighted by Gasteiger charge is -2.12. The van der Waals surface area contributed by atoms with Crippen molar-refractivity contribution in [1.29, 1.82) is 0 Å². The lowest BCUT2D eigenvalue weighted by atomic mass is 10.2. The highest BCUT2D eigenvalue weighted by molar-refractivity contribution is 7.92. The fraction of sp³-hybridized carbons (Fsp3) is 0.150. The van der Waals surface area contributed by atoms with Gasteiger partial charge in [-0.05, 0) is 43.3 Å². The zero-order valence-corrected chi connectivity index (χ0v) is 17.1. The molecule has 0 bridgehead atoms. The Morgan fingerprint density at radius 1 is 1.03 bits per heavy atom. The van der Waals surface area contributed by atoms with Gasteiger partial charge in [0.25, 0.3) is 21.8 Å². The molecule has 0 atom stereocenters. The predicted octanol–water partition coefficient (Wildman–Crippen LogP) is 2.94. The number of hydrogen-bond donors (Lipinski definition) is 2. The Morgan fingerprint density at radius 2 is 1.73 bits per heavy atom. The molecule has 0 saturated carbocycles. The van der Waals surface area contributed by atoms with Crippen molar-refractivity contribution in [3.8, 4) is 11.6 Å². The van der Waals surface area contributed by atoms with Crippen molar-refractivity contribution in [2.45, 2.75) is 11.8 Å². The zero-order valence-electron chi connectivity index (χ0n) is 16.3. The van der Waals surface area contributed by atoms with E-state index in [1.54, 1.807) is 24.3 Å². The van der Waals surface area contributed by atoms with E-state index < -0.39 is 10.0 Å². The lowest BCUT2D eigenvalue weighted by molar-refractivity contribution is 0.102. The van der Waals surface area contributed by atoms with E-state index in [2.05, 4.69) is 20.0 Å². The number of ether oxygens (including phenoxy) is 2. The highest BCUT2D eigenvalue weighted by atomic mass is 32.2. The normalized spacial score (nSPS) is 10.9. The second-order valence-electron chi connectivity index (χ2n) is 5.93. The molecule has 1 aromatic heterocycles. The molecule has 3 aromatic rings. The first-order valence-corrected chi connectivity index (χ1v) is 10.4. The Bertz CT molecular complexity index is 1130. The van der Waals surface area contributed by atoms with Gasteiger partial charge in [0.1, 0.15) is 5.75 Å². The van der Waals surface area contributed by atoms with Gasteiger partial charge in [-0.2, -0.15) is 0 Å². The van der Waals surface area contributed by atoms with Crippen LogP contribution in [-0.4, -0.2) is 38.0 Å². The van der Waals surface area contributed by atoms with Gasteiger partial charge < -0.3 is 14.8 Å². The van der Waals surface area contributed by atoms with Crippen LogP contribution in [0.25, 0.3) is 0 Å². The third kappa shape index (κ3) is 4.84. The molecule has 10 heteroatoms. The fourth-order valence-corrected chi connectivity index (χ4v) is 3.59. The van der Waals surface area contributed by atoms with Crippen molar-refractivity contribution in [2.24, 2.45) is 0 Å². The molecular formula is C20H20N4O5S. The standard InChI is InChI=1S/C20H20N4O5S/c1-3-29-17-7-5-4-6-16(17)19(25)23-14-8-10-15(11-9-14)30(26,27)24-18-20(28-2)22-13-12-21-18/h4-13H,3H2,1-2H3,(H,21,24)(H,23,25). The lowest BCUT2D eigenvalue weighted by Crippen LogP contribution is -2.16. The fourth-order valence-electron chi connectivity index (χ4n) is 2.58. The number of methoxy groups -OCH3 is 1. The van der Waals surface area contributed by atoms with Gasteiger partial charge >= 0.3 is 0 Å². The minimum Gasteiger partial charge on any atom is -0.493 e. The predicted molar refractivity (Wildman–Crippen MR) is 111 cm³/mol. The van der Waals surface area contributed by atoms with E-state index in [1.807, 2.05) is 6.92 Å². The number of aromatic nitrogens is 2. The quantitative estimate of drug-likeness (QED) is 0.566.